The average molecular weight is 432 g/mol. The number of nitrogens with zero attached hydrogens (tertiary/aromatic N) is 1. The molecule has 0 N–H and O–H groups in total. The number of anilines is 1. The Bertz CT molecular complexity index is 852. The standard InChI is InChI=1S/C23H33NO3SSi/c1-23(2,3)29(6,7)27-15-14-24(4)19-10-8-18(22(16-19)26-5)9-11-20-12-13-21(17-25)28-20/h8-13,16-17H,14-15H2,1-7H3/b11-9+. The first-order valence-electron chi connectivity index (χ1n) is 9.83. The van der Waals surface area contributed by atoms with Gasteiger partial charge in [-0.25, -0.2) is 0 Å². The van der Waals surface area contributed by atoms with Crippen molar-refractivity contribution in [3.8, 4) is 5.75 Å². The number of hydrogen-bond acceptors (Lipinski definition) is 5. The van der Waals surface area contributed by atoms with Gasteiger partial charge in [0, 0.05) is 35.8 Å². The van der Waals surface area contributed by atoms with E-state index in [0.717, 1.165) is 39.6 Å². The highest BCUT2D eigenvalue weighted by Crippen LogP contribution is 2.36. The third-order valence-corrected chi connectivity index (χ3v) is 11.1. The van der Waals surface area contributed by atoms with E-state index in [1.54, 1.807) is 7.11 Å². The number of thiophene rings is 1. The molecule has 0 aliphatic carbocycles. The van der Waals surface area contributed by atoms with Crippen molar-refractivity contribution in [1.82, 2.24) is 0 Å². The van der Waals surface area contributed by atoms with Gasteiger partial charge >= 0.3 is 0 Å². The lowest BCUT2D eigenvalue weighted by molar-refractivity contribution is 0.112. The SMILES string of the molecule is COc1cc(N(C)CCO[Si](C)(C)C(C)(C)C)ccc1/C=C/c1ccc(C=O)s1. The van der Waals surface area contributed by atoms with Crippen LogP contribution in [-0.2, 0) is 4.43 Å². The lowest BCUT2D eigenvalue weighted by Crippen LogP contribution is -2.42. The van der Waals surface area contributed by atoms with Crippen LogP contribution in [0.15, 0.2) is 30.3 Å². The van der Waals surface area contributed by atoms with Gasteiger partial charge in [0.15, 0.2) is 14.6 Å². The molecule has 0 spiro atoms. The lowest BCUT2D eigenvalue weighted by Gasteiger charge is -2.36. The van der Waals surface area contributed by atoms with E-state index in [2.05, 4.69) is 64.0 Å². The summed E-state index contributed by atoms with van der Waals surface area (Å²) in [5.41, 5.74) is 2.10. The molecular weight excluding hydrogens is 398 g/mol. The number of hydrogen-bond donors (Lipinski definition) is 0. The molecule has 158 valence electrons. The molecule has 0 bridgehead atoms. The van der Waals surface area contributed by atoms with Crippen molar-refractivity contribution in [3.05, 3.63) is 45.6 Å². The maximum atomic E-state index is 10.8. The van der Waals surface area contributed by atoms with Crippen LogP contribution in [0.1, 0.15) is 40.9 Å². The summed E-state index contributed by atoms with van der Waals surface area (Å²) in [5, 5.41) is 0.220. The zero-order chi connectivity index (χ0) is 21.7. The highest BCUT2D eigenvalue weighted by molar-refractivity contribution is 7.14. The molecular formula is C23H33NO3SSi. The second kappa shape index (κ2) is 9.74. The molecule has 0 amide bonds. The van der Waals surface area contributed by atoms with Gasteiger partial charge in [0.1, 0.15) is 5.75 Å². The number of carbonyl (C=O) groups excluding carboxylic acids is 1. The number of methoxy groups -OCH3 is 1. The van der Waals surface area contributed by atoms with Crippen molar-refractivity contribution < 1.29 is 14.0 Å². The van der Waals surface area contributed by atoms with Crippen LogP contribution in [-0.4, -0.2) is 41.9 Å². The molecule has 2 aromatic rings. The van der Waals surface area contributed by atoms with Gasteiger partial charge in [-0.15, -0.1) is 11.3 Å². The Morgan fingerprint density at radius 2 is 1.79 bits per heavy atom. The fourth-order valence-electron chi connectivity index (χ4n) is 2.55. The zero-order valence-corrected chi connectivity index (χ0v) is 20.4. The summed E-state index contributed by atoms with van der Waals surface area (Å²) in [7, 11) is 2.04. The molecule has 0 aliphatic rings. The normalized spacial score (nSPS) is 12.4. The molecule has 0 atom stereocenters. The lowest BCUT2D eigenvalue weighted by atomic mass is 10.1. The Morgan fingerprint density at radius 3 is 2.38 bits per heavy atom. The van der Waals surface area contributed by atoms with Crippen molar-refractivity contribution in [2.24, 2.45) is 0 Å². The largest absolute Gasteiger partial charge is 0.496 e. The summed E-state index contributed by atoms with van der Waals surface area (Å²) >= 11 is 1.47. The Hall–Kier alpha value is -1.89. The number of ether oxygens (including phenoxy) is 1. The Labute approximate surface area is 180 Å². The Kier molecular flexibility index (Phi) is 7.85. The van der Waals surface area contributed by atoms with Crippen LogP contribution in [0.2, 0.25) is 18.1 Å². The molecule has 0 radical (unpaired) electrons. The number of carbonyl (C=O) groups is 1. The molecule has 0 saturated heterocycles. The van der Waals surface area contributed by atoms with E-state index in [-0.39, 0.29) is 5.04 Å². The first kappa shape index (κ1) is 23.4. The molecule has 0 fully saturated rings. The summed E-state index contributed by atoms with van der Waals surface area (Å²) in [5.74, 6) is 0.822. The fraction of sp³-hybridized carbons (Fsp3) is 0.435. The predicted octanol–water partition coefficient (Wildman–Crippen LogP) is 6.20. The molecule has 4 nitrogen and oxygen atoms in total. The second-order valence-corrected chi connectivity index (χ2v) is 14.6. The smallest absolute Gasteiger partial charge is 0.192 e. The van der Waals surface area contributed by atoms with Crippen molar-refractivity contribution >= 4 is 43.8 Å². The van der Waals surface area contributed by atoms with Crippen molar-refractivity contribution in [2.45, 2.75) is 38.9 Å². The van der Waals surface area contributed by atoms with Crippen molar-refractivity contribution in [3.63, 3.8) is 0 Å². The monoisotopic (exact) mass is 431 g/mol. The van der Waals surface area contributed by atoms with Crippen LogP contribution in [0.3, 0.4) is 0 Å². The number of benzene rings is 1. The van der Waals surface area contributed by atoms with Crippen LogP contribution in [0.5, 0.6) is 5.75 Å². The molecule has 1 heterocycles. The summed E-state index contributed by atoms with van der Waals surface area (Å²) in [6, 6.07) is 9.99. The third kappa shape index (κ3) is 6.29. The van der Waals surface area contributed by atoms with Crippen LogP contribution in [0, 0.1) is 0 Å². The van der Waals surface area contributed by atoms with E-state index in [9.17, 15) is 4.79 Å². The van der Waals surface area contributed by atoms with Gasteiger partial charge in [-0.2, -0.15) is 0 Å². The van der Waals surface area contributed by atoms with Crippen LogP contribution in [0.4, 0.5) is 5.69 Å². The molecule has 6 heteroatoms. The molecule has 29 heavy (non-hydrogen) atoms. The summed E-state index contributed by atoms with van der Waals surface area (Å²) in [6.45, 7) is 12.9. The van der Waals surface area contributed by atoms with E-state index >= 15 is 0 Å². The summed E-state index contributed by atoms with van der Waals surface area (Å²) in [4.78, 5) is 14.8. The van der Waals surface area contributed by atoms with Crippen LogP contribution >= 0.6 is 11.3 Å². The van der Waals surface area contributed by atoms with Gasteiger partial charge in [-0.05, 0) is 54.5 Å². The topological polar surface area (TPSA) is 38.8 Å². The molecule has 0 saturated carbocycles. The maximum absolute atomic E-state index is 10.8. The number of aldehydes is 1. The fourth-order valence-corrected chi connectivity index (χ4v) is 4.31. The van der Waals surface area contributed by atoms with Gasteiger partial charge in [0.2, 0.25) is 0 Å². The molecule has 1 aromatic carbocycles. The highest BCUT2D eigenvalue weighted by atomic mass is 32.1. The van der Waals surface area contributed by atoms with E-state index in [1.165, 1.54) is 11.3 Å². The number of rotatable bonds is 9. The second-order valence-electron chi connectivity index (χ2n) is 8.65. The van der Waals surface area contributed by atoms with Crippen LogP contribution in [0.25, 0.3) is 12.2 Å². The van der Waals surface area contributed by atoms with Gasteiger partial charge < -0.3 is 14.1 Å². The van der Waals surface area contributed by atoms with E-state index in [4.69, 9.17) is 9.16 Å². The minimum Gasteiger partial charge on any atom is -0.496 e. The van der Waals surface area contributed by atoms with Gasteiger partial charge in [-0.3, -0.25) is 4.79 Å². The first-order valence-corrected chi connectivity index (χ1v) is 13.6. The van der Waals surface area contributed by atoms with Gasteiger partial charge in [-0.1, -0.05) is 20.8 Å². The Morgan fingerprint density at radius 1 is 1.10 bits per heavy atom. The molecule has 0 unspecified atom stereocenters. The third-order valence-electron chi connectivity index (χ3n) is 5.54. The van der Waals surface area contributed by atoms with Crippen molar-refractivity contribution in [2.75, 3.05) is 32.2 Å². The van der Waals surface area contributed by atoms with E-state index in [1.807, 2.05) is 24.3 Å². The minimum atomic E-state index is -1.72. The van der Waals surface area contributed by atoms with Gasteiger partial charge in [0.05, 0.1) is 18.6 Å². The minimum absolute atomic E-state index is 0.220. The van der Waals surface area contributed by atoms with Gasteiger partial charge in [0.25, 0.3) is 0 Å². The summed E-state index contributed by atoms with van der Waals surface area (Å²) < 4.78 is 11.9. The summed E-state index contributed by atoms with van der Waals surface area (Å²) in [6.07, 6.45) is 4.90. The molecule has 0 aliphatic heterocycles. The predicted molar refractivity (Wildman–Crippen MR) is 128 cm³/mol. The Balaban J connectivity index is 2.04. The van der Waals surface area contributed by atoms with E-state index in [0.29, 0.717) is 6.61 Å². The zero-order valence-electron chi connectivity index (χ0n) is 18.6. The first-order chi connectivity index (χ1) is 13.6. The van der Waals surface area contributed by atoms with Crippen LogP contribution < -0.4 is 9.64 Å². The molecule has 1 aromatic heterocycles. The average Bonchev–Trinajstić information content (AvgIpc) is 3.13. The quantitative estimate of drug-likeness (QED) is 0.350. The maximum Gasteiger partial charge on any atom is 0.192 e. The van der Waals surface area contributed by atoms with E-state index < -0.39 is 8.32 Å². The number of likely N-dealkylation sites (N-methyl/N-ethyl adjacent to an activating group) is 1. The molecule has 2 rings (SSSR count). The van der Waals surface area contributed by atoms with Crippen molar-refractivity contribution in [1.29, 1.82) is 0 Å². The highest BCUT2D eigenvalue weighted by Gasteiger charge is 2.36.